The monoisotopic (exact) mass is 286 g/mol. The van der Waals surface area contributed by atoms with Gasteiger partial charge >= 0.3 is 6.09 Å². The largest absolute Gasteiger partial charge is 0.448 e. The van der Waals surface area contributed by atoms with E-state index in [-0.39, 0.29) is 12.5 Å². The van der Waals surface area contributed by atoms with Crippen molar-refractivity contribution in [1.82, 2.24) is 30.4 Å². The van der Waals surface area contributed by atoms with Gasteiger partial charge in [0.05, 0.1) is 6.54 Å². The lowest BCUT2D eigenvalue weighted by Gasteiger charge is -2.11. The molecule has 1 aliphatic rings. The Morgan fingerprint density at radius 1 is 1.58 bits per heavy atom. The Hall–Kier alpha value is -1.84. The smallest absolute Gasteiger partial charge is 0.410 e. The molecule has 1 fully saturated rings. The number of tetrazole rings is 1. The van der Waals surface area contributed by atoms with Crippen molar-refractivity contribution in [2.75, 3.05) is 32.0 Å². The molecule has 2 rings (SSSR count). The maximum absolute atomic E-state index is 11.6. The molecule has 0 aliphatic carbocycles. The van der Waals surface area contributed by atoms with Crippen LogP contribution in [-0.2, 0) is 16.6 Å². The number of thioether (sulfide) groups is 1. The van der Waals surface area contributed by atoms with Gasteiger partial charge in [-0.1, -0.05) is 11.8 Å². The Bertz CT molecular complexity index is 465. The molecule has 9 nitrogen and oxygen atoms in total. The molecule has 1 aromatic rings. The molecule has 1 N–H and O–H groups in total. The minimum atomic E-state index is -0.435. The fourth-order valence-electron chi connectivity index (χ4n) is 1.47. The Morgan fingerprint density at radius 3 is 3.05 bits per heavy atom. The number of carbonyl (C=O) groups excluding carboxylic acids is 2. The van der Waals surface area contributed by atoms with Gasteiger partial charge in [-0.25, -0.2) is 9.48 Å². The molecule has 0 bridgehead atoms. The summed E-state index contributed by atoms with van der Waals surface area (Å²) in [7, 11) is 1.75. The van der Waals surface area contributed by atoms with Gasteiger partial charge in [-0.05, 0) is 10.4 Å². The van der Waals surface area contributed by atoms with Gasteiger partial charge in [-0.2, -0.15) is 0 Å². The zero-order valence-electron chi connectivity index (χ0n) is 10.4. The van der Waals surface area contributed by atoms with Gasteiger partial charge in [0.1, 0.15) is 13.2 Å². The molecule has 19 heavy (non-hydrogen) atoms. The molecule has 0 radical (unpaired) electrons. The van der Waals surface area contributed by atoms with Gasteiger partial charge < -0.3 is 10.1 Å². The summed E-state index contributed by atoms with van der Waals surface area (Å²) < 4.78 is 6.29. The number of cyclic esters (lactones) is 1. The summed E-state index contributed by atoms with van der Waals surface area (Å²) in [5.41, 5.74) is 0. The number of rotatable bonds is 6. The first-order valence-corrected chi connectivity index (χ1v) is 6.69. The molecule has 2 heterocycles. The maximum atomic E-state index is 11.6. The van der Waals surface area contributed by atoms with Gasteiger partial charge in [0, 0.05) is 19.3 Å². The fourth-order valence-corrected chi connectivity index (χ4v) is 2.18. The number of nitrogens with one attached hydrogen (secondary N) is 1. The molecular weight excluding hydrogens is 272 g/mol. The number of hydrogen-bond acceptors (Lipinski definition) is 7. The number of carbonyl (C=O) groups is 2. The second-order valence-electron chi connectivity index (χ2n) is 3.82. The zero-order chi connectivity index (χ0) is 13.7. The van der Waals surface area contributed by atoms with Crippen LogP contribution in [0.15, 0.2) is 5.16 Å². The van der Waals surface area contributed by atoms with Crippen LogP contribution in [0.1, 0.15) is 0 Å². The van der Waals surface area contributed by atoms with Crippen LogP contribution < -0.4 is 5.32 Å². The molecule has 10 heteroatoms. The van der Waals surface area contributed by atoms with Gasteiger partial charge in [0.2, 0.25) is 11.1 Å². The first-order valence-electron chi connectivity index (χ1n) is 5.70. The lowest BCUT2D eigenvalue weighted by Crippen LogP contribution is -2.38. The van der Waals surface area contributed by atoms with Gasteiger partial charge in [-0.3, -0.25) is 9.69 Å². The number of aryl methyl sites for hydroxylation is 1. The summed E-state index contributed by atoms with van der Waals surface area (Å²) in [5, 5.41) is 14.4. The SMILES string of the molecule is Cn1nnnc1SCCNC(=O)CN1CCOC1=O. The molecular formula is C9H14N6O3S. The van der Waals surface area contributed by atoms with Crippen LogP contribution in [-0.4, -0.2) is 69.1 Å². The molecule has 0 saturated carbocycles. The van der Waals surface area contributed by atoms with Crippen molar-refractivity contribution >= 4 is 23.8 Å². The van der Waals surface area contributed by atoms with Crippen LogP contribution in [0.3, 0.4) is 0 Å². The van der Waals surface area contributed by atoms with E-state index in [2.05, 4.69) is 20.8 Å². The molecule has 1 aromatic heterocycles. The van der Waals surface area contributed by atoms with E-state index in [1.807, 2.05) is 0 Å². The first kappa shape index (κ1) is 13.6. The Balaban J connectivity index is 1.61. The molecule has 1 aliphatic heterocycles. The van der Waals surface area contributed by atoms with Crippen molar-refractivity contribution in [1.29, 1.82) is 0 Å². The third kappa shape index (κ3) is 3.81. The Labute approximate surface area is 113 Å². The highest BCUT2D eigenvalue weighted by Crippen LogP contribution is 2.10. The van der Waals surface area contributed by atoms with Crippen molar-refractivity contribution in [3.05, 3.63) is 0 Å². The van der Waals surface area contributed by atoms with E-state index in [0.29, 0.717) is 30.6 Å². The summed E-state index contributed by atoms with van der Waals surface area (Å²) in [4.78, 5) is 24.1. The Morgan fingerprint density at radius 2 is 2.42 bits per heavy atom. The lowest BCUT2D eigenvalue weighted by atomic mass is 10.5. The van der Waals surface area contributed by atoms with Gasteiger partial charge in [-0.15, -0.1) is 5.10 Å². The number of aromatic nitrogens is 4. The number of ether oxygens (including phenoxy) is 1. The van der Waals surface area contributed by atoms with Crippen LogP contribution in [0, 0.1) is 0 Å². The zero-order valence-corrected chi connectivity index (χ0v) is 11.2. The van der Waals surface area contributed by atoms with E-state index in [9.17, 15) is 9.59 Å². The van der Waals surface area contributed by atoms with Gasteiger partial charge in [0.25, 0.3) is 0 Å². The van der Waals surface area contributed by atoms with E-state index in [1.165, 1.54) is 16.7 Å². The van der Waals surface area contributed by atoms with E-state index in [4.69, 9.17) is 4.74 Å². The van der Waals surface area contributed by atoms with Crippen molar-refractivity contribution in [2.24, 2.45) is 7.05 Å². The summed E-state index contributed by atoms with van der Waals surface area (Å²) in [5.74, 6) is 0.459. The van der Waals surface area contributed by atoms with Crippen molar-refractivity contribution in [2.45, 2.75) is 5.16 Å². The fraction of sp³-hybridized carbons (Fsp3) is 0.667. The van der Waals surface area contributed by atoms with Crippen LogP contribution >= 0.6 is 11.8 Å². The topological polar surface area (TPSA) is 102 Å². The lowest BCUT2D eigenvalue weighted by molar-refractivity contribution is -0.121. The average molecular weight is 286 g/mol. The van der Waals surface area contributed by atoms with E-state index >= 15 is 0 Å². The first-order chi connectivity index (χ1) is 9.16. The highest BCUT2D eigenvalue weighted by molar-refractivity contribution is 7.99. The molecule has 0 atom stereocenters. The number of amides is 2. The minimum absolute atomic E-state index is 0.0367. The van der Waals surface area contributed by atoms with Crippen molar-refractivity contribution in [3.63, 3.8) is 0 Å². The normalized spacial score (nSPS) is 14.6. The molecule has 0 unspecified atom stereocenters. The van der Waals surface area contributed by atoms with E-state index < -0.39 is 6.09 Å². The highest BCUT2D eigenvalue weighted by Gasteiger charge is 2.23. The molecule has 0 spiro atoms. The van der Waals surface area contributed by atoms with Crippen molar-refractivity contribution < 1.29 is 14.3 Å². The summed E-state index contributed by atoms with van der Waals surface area (Å²) in [6.07, 6.45) is -0.435. The predicted octanol–water partition coefficient (Wildman–Crippen LogP) is -1.13. The van der Waals surface area contributed by atoms with Crippen LogP contribution in [0.2, 0.25) is 0 Å². The summed E-state index contributed by atoms with van der Waals surface area (Å²) >= 11 is 1.45. The third-order valence-corrected chi connectivity index (χ3v) is 3.43. The second-order valence-corrected chi connectivity index (χ2v) is 4.88. The number of hydrogen-bond donors (Lipinski definition) is 1. The van der Waals surface area contributed by atoms with Crippen LogP contribution in [0.5, 0.6) is 0 Å². The Kier molecular flexibility index (Phi) is 4.55. The molecule has 104 valence electrons. The minimum Gasteiger partial charge on any atom is -0.448 e. The van der Waals surface area contributed by atoms with Gasteiger partial charge in [0.15, 0.2) is 0 Å². The molecule has 2 amide bonds. The third-order valence-electron chi connectivity index (χ3n) is 2.42. The molecule has 0 aromatic carbocycles. The van der Waals surface area contributed by atoms with Crippen molar-refractivity contribution in [3.8, 4) is 0 Å². The average Bonchev–Trinajstić information content (AvgIpc) is 2.95. The molecule has 1 saturated heterocycles. The van der Waals surface area contributed by atoms with Crippen LogP contribution in [0.25, 0.3) is 0 Å². The van der Waals surface area contributed by atoms with E-state index in [0.717, 1.165) is 0 Å². The quantitative estimate of drug-likeness (QED) is 0.521. The van der Waals surface area contributed by atoms with Crippen LogP contribution in [0.4, 0.5) is 4.79 Å². The maximum Gasteiger partial charge on any atom is 0.410 e. The standard InChI is InChI=1S/C9H14N6O3S/c1-14-8(11-12-13-14)19-5-2-10-7(16)6-15-3-4-18-9(15)17/h2-6H2,1H3,(H,10,16). The number of nitrogens with zero attached hydrogens (tertiary/aromatic N) is 5. The summed E-state index contributed by atoms with van der Waals surface area (Å²) in [6, 6.07) is 0. The highest BCUT2D eigenvalue weighted by atomic mass is 32.2. The summed E-state index contributed by atoms with van der Waals surface area (Å²) in [6.45, 7) is 1.33. The predicted molar refractivity (Wildman–Crippen MR) is 65.5 cm³/mol. The van der Waals surface area contributed by atoms with E-state index in [1.54, 1.807) is 11.7 Å². The second kappa shape index (κ2) is 6.36.